The summed E-state index contributed by atoms with van der Waals surface area (Å²) >= 11 is 0. The molecule has 2 aliphatic rings. The van der Waals surface area contributed by atoms with E-state index in [0.29, 0.717) is 11.1 Å². The van der Waals surface area contributed by atoms with Gasteiger partial charge in [0.2, 0.25) is 0 Å². The molecule has 12 heteroatoms. The summed E-state index contributed by atoms with van der Waals surface area (Å²) in [6.07, 6.45) is -5.78. The third kappa shape index (κ3) is 4.32. The maximum Gasteiger partial charge on any atom is 0.269 e. The van der Waals surface area contributed by atoms with Gasteiger partial charge in [-0.15, -0.1) is 0 Å². The van der Waals surface area contributed by atoms with Crippen LogP contribution in [0.3, 0.4) is 0 Å². The number of hydrogen-bond donors (Lipinski definition) is 2. The minimum atomic E-state index is -1.13. The molecule has 2 unspecified atom stereocenters. The van der Waals surface area contributed by atoms with E-state index >= 15 is 0 Å². The topological polar surface area (TPSA) is 164 Å². The summed E-state index contributed by atoms with van der Waals surface area (Å²) < 4.78 is 23.5. The van der Waals surface area contributed by atoms with Crippen LogP contribution < -0.4 is 0 Å². The molecule has 0 radical (unpaired) electrons. The Balaban J connectivity index is 1.60. The van der Waals surface area contributed by atoms with Crippen LogP contribution in [0.25, 0.3) is 0 Å². The van der Waals surface area contributed by atoms with Gasteiger partial charge in [0.15, 0.2) is 12.6 Å². The Bertz CT molecular complexity index is 980. The van der Waals surface area contributed by atoms with Crippen molar-refractivity contribution in [2.45, 2.75) is 37.0 Å². The van der Waals surface area contributed by atoms with Crippen molar-refractivity contribution < 1.29 is 39.0 Å². The first-order valence-electron chi connectivity index (χ1n) is 9.73. The molecule has 2 saturated heterocycles. The smallest absolute Gasteiger partial charge is 0.269 e. The van der Waals surface area contributed by atoms with Crippen LogP contribution in [-0.4, -0.2) is 57.7 Å². The van der Waals surface area contributed by atoms with Crippen LogP contribution in [0.4, 0.5) is 11.4 Å². The third-order valence-electron chi connectivity index (χ3n) is 5.28. The molecule has 170 valence electrons. The molecule has 2 aromatic carbocycles. The normalized spacial score (nSPS) is 29.8. The molecule has 0 amide bonds. The molecule has 2 aromatic rings. The second kappa shape index (κ2) is 9.24. The number of aliphatic hydroxyl groups excluding tert-OH is 2. The molecule has 4 rings (SSSR count). The maximum atomic E-state index is 11.1. The third-order valence-corrected chi connectivity index (χ3v) is 5.28. The molecule has 0 spiro atoms. The SMILES string of the molecule is O=[N+]([O-])c1cccc(C2O[C@@H]3[C@@H](O2)[C@@H](CO)OC(c2cccc([N+](=O)[O-])c2)O[C@H]3CO)c1. The van der Waals surface area contributed by atoms with Crippen LogP contribution in [0.5, 0.6) is 0 Å². The number of nitrogens with zero attached hydrogens (tertiary/aromatic N) is 2. The monoisotopic (exact) mass is 448 g/mol. The standard InChI is InChI=1S/C20H20N2O10/c23-9-15-17-18(32-20(31-17)12-4-2-6-14(8-12)22(27)28)16(10-24)30-19(29-15)11-3-1-5-13(7-11)21(25)26/h1-8,15-20,23-24H,9-10H2/t15-,16+,17-,18-,19?,20?/m0/s1. The number of rotatable bonds is 6. The summed E-state index contributed by atoms with van der Waals surface area (Å²) in [5.74, 6) is 0. The molecule has 2 fully saturated rings. The van der Waals surface area contributed by atoms with E-state index in [1.807, 2.05) is 0 Å². The summed E-state index contributed by atoms with van der Waals surface area (Å²) in [4.78, 5) is 21.1. The van der Waals surface area contributed by atoms with Crippen molar-refractivity contribution in [2.75, 3.05) is 13.2 Å². The van der Waals surface area contributed by atoms with Gasteiger partial charge in [0.05, 0.1) is 23.1 Å². The summed E-state index contributed by atoms with van der Waals surface area (Å²) in [6.45, 7) is -0.974. The van der Waals surface area contributed by atoms with Crippen LogP contribution in [0.2, 0.25) is 0 Å². The summed E-state index contributed by atoms with van der Waals surface area (Å²) in [5, 5.41) is 42.0. The van der Waals surface area contributed by atoms with Gasteiger partial charge in [-0.2, -0.15) is 0 Å². The Morgan fingerprint density at radius 2 is 1.12 bits per heavy atom. The number of aliphatic hydroxyl groups is 2. The maximum absolute atomic E-state index is 11.1. The minimum absolute atomic E-state index is 0.141. The van der Waals surface area contributed by atoms with E-state index in [4.69, 9.17) is 18.9 Å². The fourth-order valence-electron chi connectivity index (χ4n) is 3.75. The summed E-state index contributed by atoms with van der Waals surface area (Å²) in [6, 6.07) is 11.4. The fourth-order valence-corrected chi connectivity index (χ4v) is 3.75. The van der Waals surface area contributed by atoms with E-state index in [-0.39, 0.29) is 11.4 Å². The van der Waals surface area contributed by atoms with Gasteiger partial charge in [0, 0.05) is 35.4 Å². The Morgan fingerprint density at radius 1 is 0.719 bits per heavy atom. The predicted molar refractivity (Wildman–Crippen MR) is 105 cm³/mol. The van der Waals surface area contributed by atoms with Gasteiger partial charge in [0.25, 0.3) is 11.4 Å². The van der Waals surface area contributed by atoms with Gasteiger partial charge in [-0.25, -0.2) is 0 Å². The number of nitro benzene ring substituents is 2. The van der Waals surface area contributed by atoms with Crippen molar-refractivity contribution in [3.63, 3.8) is 0 Å². The van der Waals surface area contributed by atoms with Gasteiger partial charge in [-0.05, 0) is 0 Å². The number of hydrogen-bond acceptors (Lipinski definition) is 10. The molecule has 32 heavy (non-hydrogen) atoms. The molecular formula is C20H20N2O10. The first kappa shape index (κ1) is 22.2. The van der Waals surface area contributed by atoms with Gasteiger partial charge >= 0.3 is 0 Å². The van der Waals surface area contributed by atoms with Crippen molar-refractivity contribution in [2.24, 2.45) is 0 Å². The zero-order valence-corrected chi connectivity index (χ0v) is 16.6. The molecule has 2 heterocycles. The van der Waals surface area contributed by atoms with Crippen molar-refractivity contribution in [1.82, 2.24) is 0 Å². The Kier molecular flexibility index (Phi) is 6.41. The average Bonchev–Trinajstić information content (AvgIpc) is 3.18. The molecule has 0 saturated carbocycles. The lowest BCUT2D eigenvalue weighted by atomic mass is 10.0. The summed E-state index contributed by atoms with van der Waals surface area (Å²) in [5.41, 5.74) is 0.401. The van der Waals surface area contributed by atoms with E-state index < -0.39 is 60.1 Å². The number of non-ortho nitro benzene ring substituents is 2. The molecular weight excluding hydrogens is 428 g/mol. The Hall–Kier alpha value is -3.00. The highest BCUT2D eigenvalue weighted by molar-refractivity contribution is 5.36. The highest BCUT2D eigenvalue weighted by atomic mass is 16.8. The van der Waals surface area contributed by atoms with E-state index in [9.17, 15) is 30.4 Å². The number of benzene rings is 2. The zero-order valence-electron chi connectivity index (χ0n) is 16.6. The number of ether oxygens (including phenoxy) is 4. The molecule has 0 aromatic heterocycles. The predicted octanol–water partition coefficient (Wildman–Crippen LogP) is 1.75. The van der Waals surface area contributed by atoms with Crippen LogP contribution in [-0.2, 0) is 18.9 Å². The fraction of sp³-hybridized carbons (Fsp3) is 0.400. The first-order valence-corrected chi connectivity index (χ1v) is 9.73. The average molecular weight is 448 g/mol. The second-order valence-corrected chi connectivity index (χ2v) is 7.28. The minimum Gasteiger partial charge on any atom is -0.394 e. The molecule has 0 bridgehead atoms. The van der Waals surface area contributed by atoms with Crippen LogP contribution in [0.1, 0.15) is 23.7 Å². The van der Waals surface area contributed by atoms with E-state index in [1.54, 1.807) is 12.1 Å². The van der Waals surface area contributed by atoms with Crippen molar-refractivity contribution in [3.8, 4) is 0 Å². The molecule has 2 N–H and O–H groups in total. The molecule has 2 aliphatic heterocycles. The second-order valence-electron chi connectivity index (χ2n) is 7.28. The first-order chi connectivity index (χ1) is 15.4. The molecule has 6 atom stereocenters. The highest BCUT2D eigenvalue weighted by Crippen LogP contribution is 2.41. The highest BCUT2D eigenvalue weighted by Gasteiger charge is 2.50. The lowest BCUT2D eigenvalue weighted by molar-refractivity contribution is -0.385. The van der Waals surface area contributed by atoms with Gasteiger partial charge < -0.3 is 29.2 Å². The zero-order chi connectivity index (χ0) is 22.8. The van der Waals surface area contributed by atoms with Gasteiger partial charge in [0.1, 0.15) is 24.4 Å². The lowest BCUT2D eigenvalue weighted by Crippen LogP contribution is -2.43. The van der Waals surface area contributed by atoms with E-state index in [1.165, 1.54) is 36.4 Å². The number of nitro groups is 2. The lowest BCUT2D eigenvalue weighted by Gasteiger charge is -2.24. The van der Waals surface area contributed by atoms with Crippen molar-refractivity contribution >= 4 is 11.4 Å². The van der Waals surface area contributed by atoms with Crippen LogP contribution in [0.15, 0.2) is 48.5 Å². The number of fused-ring (bicyclic) bond motifs is 1. The quantitative estimate of drug-likeness (QED) is 0.491. The molecule has 12 nitrogen and oxygen atoms in total. The summed E-state index contributed by atoms with van der Waals surface area (Å²) in [7, 11) is 0. The van der Waals surface area contributed by atoms with Gasteiger partial charge in [-0.3, -0.25) is 20.2 Å². The van der Waals surface area contributed by atoms with Crippen LogP contribution in [0, 0.1) is 20.2 Å². The van der Waals surface area contributed by atoms with Crippen molar-refractivity contribution in [3.05, 3.63) is 79.9 Å². The largest absolute Gasteiger partial charge is 0.394 e. The Morgan fingerprint density at radius 3 is 1.50 bits per heavy atom. The molecule has 0 aliphatic carbocycles. The van der Waals surface area contributed by atoms with Crippen LogP contribution >= 0.6 is 0 Å². The van der Waals surface area contributed by atoms with Gasteiger partial charge in [-0.1, -0.05) is 24.3 Å². The Labute approximate surface area is 181 Å². The van der Waals surface area contributed by atoms with E-state index in [0.717, 1.165) is 0 Å². The van der Waals surface area contributed by atoms with E-state index in [2.05, 4.69) is 0 Å². The van der Waals surface area contributed by atoms with Crippen molar-refractivity contribution in [1.29, 1.82) is 0 Å².